The van der Waals surface area contributed by atoms with Crippen LogP contribution in [0.15, 0.2) is 49.1 Å². The second-order valence-corrected chi connectivity index (χ2v) is 11.7. The van der Waals surface area contributed by atoms with Crippen molar-refractivity contribution in [2.75, 3.05) is 44.9 Å². The molecule has 0 saturated carbocycles. The molecule has 0 radical (unpaired) electrons. The predicted molar refractivity (Wildman–Crippen MR) is 157 cm³/mol. The van der Waals surface area contributed by atoms with Crippen molar-refractivity contribution < 1.29 is 18.6 Å². The first-order valence-electron chi connectivity index (χ1n) is 14.7. The maximum atomic E-state index is 14.2. The molecule has 11 nitrogen and oxygen atoms in total. The summed E-state index contributed by atoms with van der Waals surface area (Å²) >= 11 is 0. The highest BCUT2D eigenvalue weighted by Gasteiger charge is 2.44. The van der Waals surface area contributed by atoms with E-state index >= 15 is 0 Å². The molecule has 4 fully saturated rings. The third kappa shape index (κ3) is 5.06. The Hall–Kier alpha value is -4.78. The van der Waals surface area contributed by atoms with E-state index in [0.29, 0.717) is 61.5 Å². The lowest BCUT2D eigenvalue weighted by Crippen LogP contribution is -2.68. The molecule has 4 aromatic rings. The minimum absolute atomic E-state index is 0.0117. The molecule has 2 atom stereocenters. The van der Waals surface area contributed by atoms with Gasteiger partial charge in [0.2, 0.25) is 5.88 Å². The number of ether oxygens (including phenoxy) is 3. The number of hydrogen-bond donors (Lipinski definition) is 0. The Morgan fingerprint density at radius 1 is 1.09 bits per heavy atom. The second kappa shape index (κ2) is 11.4. The molecule has 0 spiro atoms. The van der Waals surface area contributed by atoms with Gasteiger partial charge in [-0.15, -0.1) is 0 Å². The van der Waals surface area contributed by atoms with E-state index in [2.05, 4.69) is 32.0 Å². The van der Waals surface area contributed by atoms with Gasteiger partial charge < -0.3 is 19.1 Å². The average Bonchev–Trinajstić information content (AvgIpc) is 3.50. The summed E-state index contributed by atoms with van der Waals surface area (Å²) in [5, 5.41) is 24.0. The number of aromatic nitrogens is 4. The quantitative estimate of drug-likeness (QED) is 0.296. The van der Waals surface area contributed by atoms with Crippen molar-refractivity contribution in [2.24, 2.45) is 5.41 Å². The van der Waals surface area contributed by atoms with E-state index in [4.69, 9.17) is 19.2 Å². The molecule has 44 heavy (non-hydrogen) atoms. The van der Waals surface area contributed by atoms with E-state index in [-0.39, 0.29) is 12.5 Å². The number of nitrogens with zero attached hydrogens (tertiary/aromatic N) is 8. The normalized spacial score (nSPS) is 20.9. The summed E-state index contributed by atoms with van der Waals surface area (Å²) in [6, 6.07) is 12.8. The van der Waals surface area contributed by atoms with Crippen molar-refractivity contribution in [3.8, 4) is 34.9 Å². The van der Waals surface area contributed by atoms with E-state index in [1.165, 1.54) is 13.2 Å². The highest BCUT2D eigenvalue weighted by Crippen LogP contribution is 2.37. The summed E-state index contributed by atoms with van der Waals surface area (Å²) < 4.78 is 32.4. The van der Waals surface area contributed by atoms with Crippen LogP contribution >= 0.6 is 0 Å². The Morgan fingerprint density at radius 2 is 1.91 bits per heavy atom. The minimum Gasteiger partial charge on any atom is -0.490 e. The number of halogens is 1. The predicted octanol–water partition coefficient (Wildman–Crippen LogP) is 3.97. The first-order chi connectivity index (χ1) is 21.5. The molecule has 12 heteroatoms. The lowest BCUT2D eigenvalue weighted by molar-refractivity contribution is -0.00884. The smallest absolute Gasteiger partial charge is 0.250 e. The number of hydrogen-bond acceptors (Lipinski definition) is 10. The van der Waals surface area contributed by atoms with Crippen molar-refractivity contribution in [3.05, 3.63) is 66.0 Å². The lowest BCUT2D eigenvalue weighted by atomic mass is 9.83. The fourth-order valence-corrected chi connectivity index (χ4v) is 6.53. The van der Waals surface area contributed by atoms with Crippen LogP contribution in [-0.4, -0.2) is 76.6 Å². The van der Waals surface area contributed by atoms with Crippen molar-refractivity contribution in [2.45, 2.75) is 37.9 Å². The maximum absolute atomic E-state index is 14.2. The topological polar surface area (TPSA) is 125 Å². The number of nitriles is 2. The maximum Gasteiger partial charge on any atom is 0.250 e. The summed E-state index contributed by atoms with van der Waals surface area (Å²) in [5.74, 6) is 1.01. The highest BCUT2D eigenvalue weighted by atomic mass is 19.1. The van der Waals surface area contributed by atoms with Gasteiger partial charge in [0, 0.05) is 68.5 Å². The van der Waals surface area contributed by atoms with Crippen LogP contribution in [0, 0.1) is 33.9 Å². The number of anilines is 1. The number of pyridine rings is 3. The van der Waals surface area contributed by atoms with Gasteiger partial charge >= 0.3 is 0 Å². The fraction of sp³-hybridized carbons (Fsp3) is 0.406. The third-order valence-electron chi connectivity index (χ3n) is 9.06. The molecule has 4 aliphatic rings. The van der Waals surface area contributed by atoms with E-state index in [1.54, 1.807) is 23.1 Å². The Bertz CT molecular complexity index is 1760. The molecule has 8 heterocycles. The Morgan fingerprint density at radius 3 is 2.59 bits per heavy atom. The SMILES string of the molecule is COc1ncc(CN2C3CC2CN(c2ccc(-c4cc(OCC5(C#N)CCOCC5)cn5ncc(C#N)c45)cn2)C3)cc1F. The molecule has 0 amide bonds. The van der Waals surface area contributed by atoms with Crippen LogP contribution in [0.25, 0.3) is 16.6 Å². The Labute approximate surface area is 254 Å². The van der Waals surface area contributed by atoms with Gasteiger partial charge in [-0.25, -0.2) is 18.9 Å². The summed E-state index contributed by atoms with van der Waals surface area (Å²) in [6.45, 7) is 3.64. The van der Waals surface area contributed by atoms with Crippen LogP contribution < -0.4 is 14.4 Å². The number of rotatable bonds is 8. The molecule has 4 aromatic heterocycles. The molecule has 224 valence electrons. The molecule has 0 N–H and O–H groups in total. The largest absolute Gasteiger partial charge is 0.490 e. The first kappa shape index (κ1) is 28.0. The molecule has 2 unspecified atom stereocenters. The van der Waals surface area contributed by atoms with Gasteiger partial charge in [-0.3, -0.25) is 4.90 Å². The first-order valence-corrected chi connectivity index (χ1v) is 14.7. The summed E-state index contributed by atoms with van der Waals surface area (Å²) in [7, 11) is 1.41. The molecule has 4 saturated heterocycles. The minimum atomic E-state index is -0.592. The van der Waals surface area contributed by atoms with E-state index in [0.717, 1.165) is 42.0 Å². The van der Waals surface area contributed by atoms with E-state index < -0.39 is 11.2 Å². The molecular weight excluding hydrogens is 563 g/mol. The van der Waals surface area contributed by atoms with Crippen LogP contribution in [0.3, 0.4) is 0 Å². The summed E-state index contributed by atoms with van der Waals surface area (Å²) in [6.07, 6.45) is 9.13. The lowest BCUT2D eigenvalue weighted by Gasteiger charge is -2.56. The zero-order valence-corrected chi connectivity index (χ0v) is 24.3. The number of methoxy groups -OCH3 is 1. The van der Waals surface area contributed by atoms with E-state index in [1.807, 2.05) is 24.4 Å². The number of piperidine rings is 1. The third-order valence-corrected chi connectivity index (χ3v) is 9.06. The van der Waals surface area contributed by atoms with Crippen LogP contribution in [0.4, 0.5) is 10.2 Å². The van der Waals surface area contributed by atoms with Crippen molar-refractivity contribution >= 4 is 11.3 Å². The van der Waals surface area contributed by atoms with Crippen molar-refractivity contribution in [3.63, 3.8) is 0 Å². The van der Waals surface area contributed by atoms with Gasteiger partial charge in [0.05, 0.1) is 42.1 Å². The Kier molecular flexibility index (Phi) is 7.24. The zero-order chi connectivity index (χ0) is 30.3. The molecule has 2 bridgehead atoms. The second-order valence-electron chi connectivity index (χ2n) is 11.7. The zero-order valence-electron chi connectivity index (χ0n) is 24.3. The fourth-order valence-electron chi connectivity index (χ4n) is 6.53. The van der Waals surface area contributed by atoms with Crippen LogP contribution in [-0.2, 0) is 11.3 Å². The van der Waals surface area contributed by atoms with Gasteiger partial charge in [-0.05, 0) is 49.1 Å². The molecule has 4 aliphatic heterocycles. The van der Waals surface area contributed by atoms with Crippen LogP contribution in [0.1, 0.15) is 30.4 Å². The number of fused-ring (bicyclic) bond motifs is 3. The Balaban J connectivity index is 1.08. The van der Waals surface area contributed by atoms with Crippen molar-refractivity contribution in [1.29, 1.82) is 10.5 Å². The van der Waals surface area contributed by atoms with Crippen LogP contribution in [0.5, 0.6) is 11.6 Å². The van der Waals surface area contributed by atoms with Gasteiger partial charge in [-0.1, -0.05) is 0 Å². The van der Waals surface area contributed by atoms with E-state index in [9.17, 15) is 14.9 Å². The summed E-state index contributed by atoms with van der Waals surface area (Å²) in [5.41, 5.74) is 2.98. The number of piperazine rings is 1. The molecule has 8 rings (SSSR count). The molecule has 0 aliphatic carbocycles. The molecule has 0 aromatic carbocycles. The van der Waals surface area contributed by atoms with Crippen LogP contribution in [0.2, 0.25) is 0 Å². The summed E-state index contributed by atoms with van der Waals surface area (Å²) in [4.78, 5) is 13.6. The van der Waals surface area contributed by atoms with Crippen molar-refractivity contribution in [1.82, 2.24) is 24.5 Å². The average molecular weight is 595 g/mol. The van der Waals surface area contributed by atoms with Gasteiger partial charge in [0.1, 0.15) is 24.2 Å². The van der Waals surface area contributed by atoms with Gasteiger partial charge in [0.15, 0.2) is 5.82 Å². The molecular formula is C32H31FN8O3. The van der Waals surface area contributed by atoms with Gasteiger partial charge in [-0.2, -0.15) is 15.6 Å². The highest BCUT2D eigenvalue weighted by molar-refractivity contribution is 5.85. The monoisotopic (exact) mass is 594 g/mol. The standard InChI is InChI=1S/C32H31FN8O3/c1-42-31-28(33)8-21(12-37-31)15-40-24-9-25(40)17-39(16-24)29-3-2-22(13-36-29)27-10-26(18-41-30(27)23(11-34)14-38-41)44-20-32(19-35)4-6-43-7-5-32/h2-3,8,10,12-14,18,24-25H,4-7,9,15-17,20H2,1H3. The van der Waals surface area contributed by atoms with Gasteiger partial charge in [0.25, 0.3) is 0 Å².